The van der Waals surface area contributed by atoms with Crippen LogP contribution in [-0.2, 0) is 9.53 Å². The van der Waals surface area contributed by atoms with Gasteiger partial charge in [-0.3, -0.25) is 4.79 Å². The van der Waals surface area contributed by atoms with E-state index in [1.165, 1.54) is 7.11 Å². The van der Waals surface area contributed by atoms with Crippen molar-refractivity contribution in [3.63, 3.8) is 0 Å². The third-order valence-corrected chi connectivity index (χ3v) is 2.39. The molecule has 4 heteroatoms. The number of carbonyl (C=O) groups excluding carboxylic acids is 1. The van der Waals surface area contributed by atoms with Crippen LogP contribution in [0.2, 0.25) is 0 Å². The molecule has 0 spiro atoms. The van der Waals surface area contributed by atoms with E-state index in [1.54, 1.807) is 7.11 Å². The Balaban J connectivity index is 2.65. The minimum absolute atomic E-state index is 0.0373. The van der Waals surface area contributed by atoms with Crippen molar-refractivity contribution in [2.45, 2.75) is 13.0 Å². The average Bonchev–Trinajstić information content (AvgIpc) is 2.35. The molecule has 0 radical (unpaired) electrons. The Morgan fingerprint density at radius 1 is 1.38 bits per heavy atom. The molecule has 4 nitrogen and oxygen atoms in total. The van der Waals surface area contributed by atoms with Gasteiger partial charge in [0.25, 0.3) is 0 Å². The van der Waals surface area contributed by atoms with Gasteiger partial charge in [0.05, 0.1) is 20.8 Å². The average molecular weight is 223 g/mol. The fraction of sp³-hybridized carbons (Fsp3) is 0.417. The molecule has 0 aliphatic heterocycles. The van der Waals surface area contributed by atoms with Crippen LogP contribution in [0.1, 0.15) is 18.5 Å². The van der Waals surface area contributed by atoms with Gasteiger partial charge in [-0.2, -0.15) is 0 Å². The number of para-hydroxylation sites is 1. The van der Waals surface area contributed by atoms with Crippen LogP contribution in [0, 0.1) is 0 Å². The Morgan fingerprint density at radius 2 is 2.06 bits per heavy atom. The van der Waals surface area contributed by atoms with E-state index in [-0.39, 0.29) is 18.6 Å². The summed E-state index contributed by atoms with van der Waals surface area (Å²) < 4.78 is 9.80. The first-order valence-corrected chi connectivity index (χ1v) is 5.12. The highest BCUT2D eigenvalue weighted by molar-refractivity contribution is 5.71. The number of ether oxygens (including phenoxy) is 2. The van der Waals surface area contributed by atoms with E-state index in [9.17, 15) is 4.79 Å². The summed E-state index contributed by atoms with van der Waals surface area (Å²) in [5.41, 5.74) is 1.02. The number of carbonyl (C=O) groups is 1. The molecule has 0 aromatic heterocycles. The minimum Gasteiger partial charge on any atom is -0.496 e. The summed E-state index contributed by atoms with van der Waals surface area (Å²) >= 11 is 0. The lowest BCUT2D eigenvalue weighted by molar-refractivity contribution is -0.139. The van der Waals surface area contributed by atoms with Crippen molar-refractivity contribution in [2.75, 3.05) is 20.8 Å². The van der Waals surface area contributed by atoms with Gasteiger partial charge >= 0.3 is 5.97 Å². The summed E-state index contributed by atoms with van der Waals surface area (Å²) in [6, 6.07) is 7.75. The van der Waals surface area contributed by atoms with Crippen LogP contribution in [0.4, 0.5) is 0 Å². The van der Waals surface area contributed by atoms with Crippen molar-refractivity contribution in [3.05, 3.63) is 29.8 Å². The van der Waals surface area contributed by atoms with Crippen molar-refractivity contribution >= 4 is 5.97 Å². The summed E-state index contributed by atoms with van der Waals surface area (Å²) in [5.74, 6) is 0.536. The molecule has 1 rings (SSSR count). The molecule has 0 aliphatic rings. The SMILES string of the molecule is COC(=O)CNC(C)c1ccccc1OC. The number of hydrogen-bond donors (Lipinski definition) is 1. The lowest BCUT2D eigenvalue weighted by Gasteiger charge is -2.16. The monoisotopic (exact) mass is 223 g/mol. The van der Waals surface area contributed by atoms with E-state index in [0.717, 1.165) is 11.3 Å². The highest BCUT2D eigenvalue weighted by atomic mass is 16.5. The Labute approximate surface area is 95.6 Å². The van der Waals surface area contributed by atoms with Crippen LogP contribution in [0.15, 0.2) is 24.3 Å². The summed E-state index contributed by atoms with van der Waals surface area (Å²) in [6.45, 7) is 2.16. The van der Waals surface area contributed by atoms with Gasteiger partial charge in [-0.15, -0.1) is 0 Å². The van der Waals surface area contributed by atoms with Gasteiger partial charge in [0.1, 0.15) is 5.75 Å². The van der Waals surface area contributed by atoms with Gasteiger partial charge in [-0.1, -0.05) is 18.2 Å². The van der Waals surface area contributed by atoms with Gasteiger partial charge in [0, 0.05) is 11.6 Å². The standard InChI is InChI=1S/C12H17NO3/c1-9(13-8-12(14)16-3)10-6-4-5-7-11(10)15-2/h4-7,9,13H,8H2,1-3H3. The second kappa shape index (κ2) is 6.12. The number of rotatable bonds is 5. The molecule has 1 atom stereocenters. The third-order valence-electron chi connectivity index (χ3n) is 2.39. The maximum Gasteiger partial charge on any atom is 0.319 e. The van der Waals surface area contributed by atoms with Crippen molar-refractivity contribution < 1.29 is 14.3 Å². The Bertz CT molecular complexity index is 352. The number of methoxy groups -OCH3 is 2. The Hall–Kier alpha value is -1.55. The topological polar surface area (TPSA) is 47.6 Å². The minimum atomic E-state index is -0.276. The van der Waals surface area contributed by atoms with Gasteiger partial charge in [-0.05, 0) is 13.0 Å². The van der Waals surface area contributed by atoms with E-state index in [4.69, 9.17) is 4.74 Å². The molecule has 16 heavy (non-hydrogen) atoms. The van der Waals surface area contributed by atoms with Crippen LogP contribution >= 0.6 is 0 Å². The molecule has 0 saturated carbocycles. The maximum absolute atomic E-state index is 11.0. The zero-order valence-electron chi connectivity index (χ0n) is 9.82. The maximum atomic E-state index is 11.0. The number of nitrogens with one attached hydrogen (secondary N) is 1. The van der Waals surface area contributed by atoms with Gasteiger partial charge in [-0.25, -0.2) is 0 Å². The summed E-state index contributed by atoms with van der Waals surface area (Å²) in [6.07, 6.45) is 0. The van der Waals surface area contributed by atoms with Crippen LogP contribution in [-0.4, -0.2) is 26.7 Å². The largest absolute Gasteiger partial charge is 0.496 e. The highest BCUT2D eigenvalue weighted by Crippen LogP contribution is 2.23. The van der Waals surface area contributed by atoms with E-state index < -0.39 is 0 Å². The van der Waals surface area contributed by atoms with Crippen LogP contribution in [0.3, 0.4) is 0 Å². The second-order valence-corrected chi connectivity index (χ2v) is 3.42. The summed E-state index contributed by atoms with van der Waals surface area (Å²) in [5, 5.41) is 3.07. The van der Waals surface area contributed by atoms with E-state index in [0.29, 0.717) is 0 Å². The Morgan fingerprint density at radius 3 is 2.69 bits per heavy atom. The van der Waals surface area contributed by atoms with Crippen molar-refractivity contribution in [3.8, 4) is 5.75 Å². The molecule has 0 aliphatic carbocycles. The fourth-order valence-corrected chi connectivity index (χ4v) is 1.44. The van der Waals surface area contributed by atoms with Crippen molar-refractivity contribution in [1.82, 2.24) is 5.32 Å². The van der Waals surface area contributed by atoms with Crippen molar-refractivity contribution in [2.24, 2.45) is 0 Å². The van der Waals surface area contributed by atoms with Crippen LogP contribution in [0.25, 0.3) is 0 Å². The first-order chi connectivity index (χ1) is 7.69. The molecule has 0 bridgehead atoms. The third kappa shape index (κ3) is 3.24. The predicted octanol–water partition coefficient (Wildman–Crippen LogP) is 1.52. The molecule has 1 aromatic carbocycles. The molecule has 0 amide bonds. The molecule has 1 N–H and O–H groups in total. The molecule has 1 unspecified atom stereocenters. The van der Waals surface area contributed by atoms with Gasteiger partial charge < -0.3 is 14.8 Å². The van der Waals surface area contributed by atoms with Gasteiger partial charge in [0.15, 0.2) is 0 Å². The highest BCUT2D eigenvalue weighted by Gasteiger charge is 2.11. The van der Waals surface area contributed by atoms with Crippen LogP contribution in [0.5, 0.6) is 5.75 Å². The molecule has 1 aromatic rings. The number of benzene rings is 1. The lowest BCUT2D eigenvalue weighted by Crippen LogP contribution is -2.26. The first-order valence-electron chi connectivity index (χ1n) is 5.12. The van der Waals surface area contributed by atoms with E-state index in [1.807, 2.05) is 31.2 Å². The van der Waals surface area contributed by atoms with E-state index >= 15 is 0 Å². The van der Waals surface area contributed by atoms with E-state index in [2.05, 4.69) is 10.1 Å². The van der Waals surface area contributed by atoms with Crippen molar-refractivity contribution in [1.29, 1.82) is 0 Å². The Kier molecular flexibility index (Phi) is 4.79. The quantitative estimate of drug-likeness (QED) is 0.769. The molecule has 88 valence electrons. The second-order valence-electron chi connectivity index (χ2n) is 3.42. The molecular weight excluding hydrogens is 206 g/mol. The zero-order chi connectivity index (χ0) is 12.0. The first kappa shape index (κ1) is 12.5. The molecule has 0 fully saturated rings. The lowest BCUT2D eigenvalue weighted by atomic mass is 10.1. The number of esters is 1. The summed E-state index contributed by atoms with van der Waals surface area (Å²) in [4.78, 5) is 11.0. The molecular formula is C12H17NO3. The fourth-order valence-electron chi connectivity index (χ4n) is 1.44. The van der Waals surface area contributed by atoms with Crippen LogP contribution < -0.4 is 10.1 Å². The number of hydrogen-bond acceptors (Lipinski definition) is 4. The van der Waals surface area contributed by atoms with Gasteiger partial charge in [0.2, 0.25) is 0 Å². The normalized spacial score (nSPS) is 11.9. The molecule has 0 saturated heterocycles. The molecule has 0 heterocycles. The smallest absolute Gasteiger partial charge is 0.319 e. The summed E-state index contributed by atoms with van der Waals surface area (Å²) in [7, 11) is 3.00. The predicted molar refractivity (Wildman–Crippen MR) is 61.4 cm³/mol. The zero-order valence-corrected chi connectivity index (χ0v) is 9.82.